The third kappa shape index (κ3) is 1.69. The van der Waals surface area contributed by atoms with Crippen molar-refractivity contribution < 1.29 is 9.53 Å². The molecule has 2 aromatic rings. The largest absolute Gasteiger partial charge is 0.469 e. The van der Waals surface area contributed by atoms with E-state index in [2.05, 4.69) is 9.72 Å². The van der Waals surface area contributed by atoms with E-state index in [1.54, 1.807) is 22.6 Å². The second kappa shape index (κ2) is 4.02. The molecule has 0 radical (unpaired) electrons. The van der Waals surface area contributed by atoms with Crippen LogP contribution in [0.1, 0.15) is 5.69 Å². The lowest BCUT2D eigenvalue weighted by Gasteiger charge is -1.99. The minimum Gasteiger partial charge on any atom is -0.469 e. The highest BCUT2D eigenvalue weighted by molar-refractivity contribution is 6.29. The Kier molecular flexibility index (Phi) is 2.70. The van der Waals surface area contributed by atoms with Gasteiger partial charge in [-0.05, 0) is 12.1 Å². The summed E-state index contributed by atoms with van der Waals surface area (Å²) in [7, 11) is 1.32. The third-order valence-corrected chi connectivity index (χ3v) is 2.54. The van der Waals surface area contributed by atoms with Crippen LogP contribution in [0.15, 0.2) is 18.2 Å². The summed E-state index contributed by atoms with van der Waals surface area (Å²) in [4.78, 5) is 15.3. The minimum absolute atomic E-state index is 0.0420. The van der Waals surface area contributed by atoms with Crippen molar-refractivity contribution in [1.82, 2.24) is 9.38 Å². The Morgan fingerprint density at radius 3 is 3.00 bits per heavy atom. The summed E-state index contributed by atoms with van der Waals surface area (Å²) in [5.41, 5.74) is 6.94. The van der Waals surface area contributed by atoms with Crippen LogP contribution in [0.3, 0.4) is 0 Å². The van der Waals surface area contributed by atoms with Crippen LogP contribution in [0, 0.1) is 0 Å². The molecule has 0 spiro atoms. The number of imidazole rings is 1. The number of hydrogen-bond donors (Lipinski definition) is 1. The number of esters is 1. The van der Waals surface area contributed by atoms with E-state index in [0.717, 1.165) is 0 Å². The maximum absolute atomic E-state index is 11.1. The molecule has 0 atom stereocenters. The molecular formula is C10H10ClN3O2. The molecule has 84 valence electrons. The molecule has 0 saturated carbocycles. The van der Waals surface area contributed by atoms with Gasteiger partial charge in [-0.3, -0.25) is 9.20 Å². The maximum Gasteiger partial charge on any atom is 0.311 e. The Morgan fingerprint density at radius 2 is 2.38 bits per heavy atom. The molecule has 2 N–H and O–H groups in total. The van der Waals surface area contributed by atoms with Crippen molar-refractivity contribution in [3.8, 4) is 0 Å². The van der Waals surface area contributed by atoms with Crippen LogP contribution in [-0.4, -0.2) is 22.5 Å². The van der Waals surface area contributed by atoms with Gasteiger partial charge in [0.25, 0.3) is 0 Å². The van der Waals surface area contributed by atoms with Crippen molar-refractivity contribution in [2.75, 3.05) is 12.8 Å². The predicted molar refractivity (Wildman–Crippen MR) is 60.3 cm³/mol. The number of fused-ring (bicyclic) bond motifs is 1. The standard InChI is InChI=1S/C10H10ClN3O2/c1-16-9(15)5-6-10(12)14-7(11)3-2-4-8(14)13-6/h2-4H,5,12H2,1H3. The van der Waals surface area contributed by atoms with E-state index in [9.17, 15) is 4.79 Å². The number of anilines is 1. The van der Waals surface area contributed by atoms with Gasteiger partial charge >= 0.3 is 5.97 Å². The van der Waals surface area contributed by atoms with Crippen LogP contribution in [-0.2, 0) is 16.0 Å². The van der Waals surface area contributed by atoms with Gasteiger partial charge in [-0.15, -0.1) is 0 Å². The Labute approximate surface area is 96.8 Å². The fourth-order valence-corrected chi connectivity index (χ4v) is 1.71. The highest BCUT2D eigenvalue weighted by Crippen LogP contribution is 2.20. The van der Waals surface area contributed by atoms with E-state index in [1.165, 1.54) is 7.11 Å². The number of carbonyl (C=O) groups excluding carboxylic acids is 1. The van der Waals surface area contributed by atoms with Crippen molar-refractivity contribution in [3.63, 3.8) is 0 Å². The Morgan fingerprint density at radius 1 is 1.62 bits per heavy atom. The van der Waals surface area contributed by atoms with Gasteiger partial charge < -0.3 is 10.5 Å². The zero-order chi connectivity index (χ0) is 11.7. The van der Waals surface area contributed by atoms with Gasteiger partial charge in [0.05, 0.1) is 19.2 Å². The number of nitrogens with two attached hydrogens (primary N) is 1. The summed E-state index contributed by atoms with van der Waals surface area (Å²) in [5.74, 6) is -0.0165. The summed E-state index contributed by atoms with van der Waals surface area (Å²) in [6.45, 7) is 0. The van der Waals surface area contributed by atoms with Gasteiger partial charge in [-0.25, -0.2) is 4.98 Å². The normalized spacial score (nSPS) is 10.6. The molecule has 6 heteroatoms. The predicted octanol–water partition coefficient (Wildman–Crippen LogP) is 1.29. The molecule has 0 aliphatic heterocycles. The van der Waals surface area contributed by atoms with E-state index < -0.39 is 0 Å². The first kappa shape index (κ1) is 10.8. The number of aromatic nitrogens is 2. The lowest BCUT2D eigenvalue weighted by atomic mass is 10.3. The first-order valence-electron chi connectivity index (χ1n) is 4.61. The van der Waals surface area contributed by atoms with Gasteiger partial charge in [0.2, 0.25) is 0 Å². The van der Waals surface area contributed by atoms with Crippen LogP contribution < -0.4 is 5.73 Å². The number of rotatable bonds is 2. The smallest absolute Gasteiger partial charge is 0.311 e. The van der Waals surface area contributed by atoms with Crippen molar-refractivity contribution in [1.29, 1.82) is 0 Å². The van der Waals surface area contributed by atoms with E-state index in [4.69, 9.17) is 17.3 Å². The van der Waals surface area contributed by atoms with Crippen molar-refractivity contribution in [3.05, 3.63) is 29.0 Å². The molecule has 2 rings (SSSR count). The third-order valence-electron chi connectivity index (χ3n) is 2.25. The molecule has 0 aromatic carbocycles. The van der Waals surface area contributed by atoms with Crippen LogP contribution >= 0.6 is 11.6 Å². The summed E-state index contributed by atoms with van der Waals surface area (Å²) in [5, 5.41) is 0.457. The highest BCUT2D eigenvalue weighted by Gasteiger charge is 2.14. The summed E-state index contributed by atoms with van der Waals surface area (Å²) in [6, 6.07) is 5.24. The van der Waals surface area contributed by atoms with Crippen LogP contribution in [0.4, 0.5) is 5.82 Å². The van der Waals surface area contributed by atoms with Gasteiger partial charge in [-0.1, -0.05) is 17.7 Å². The second-order valence-electron chi connectivity index (χ2n) is 3.24. The SMILES string of the molecule is COC(=O)Cc1nc2cccc(Cl)n2c1N. The first-order chi connectivity index (χ1) is 7.63. The van der Waals surface area contributed by atoms with E-state index in [-0.39, 0.29) is 12.4 Å². The second-order valence-corrected chi connectivity index (χ2v) is 3.63. The molecule has 16 heavy (non-hydrogen) atoms. The number of nitrogens with zero attached hydrogens (tertiary/aromatic N) is 2. The maximum atomic E-state index is 11.1. The van der Waals surface area contributed by atoms with Gasteiger partial charge in [0.1, 0.15) is 16.6 Å². The van der Waals surface area contributed by atoms with Gasteiger partial charge in [0.15, 0.2) is 0 Å². The molecule has 2 heterocycles. The average molecular weight is 240 g/mol. The minimum atomic E-state index is -0.383. The number of hydrogen-bond acceptors (Lipinski definition) is 4. The number of ether oxygens (including phenoxy) is 1. The zero-order valence-electron chi connectivity index (χ0n) is 8.61. The Balaban J connectivity index is 2.52. The molecule has 0 saturated heterocycles. The van der Waals surface area contributed by atoms with Crippen LogP contribution in [0.5, 0.6) is 0 Å². The van der Waals surface area contributed by atoms with Crippen molar-refractivity contribution >= 4 is 29.0 Å². The van der Waals surface area contributed by atoms with Crippen LogP contribution in [0.25, 0.3) is 5.65 Å². The fraction of sp³-hybridized carbons (Fsp3) is 0.200. The monoisotopic (exact) mass is 239 g/mol. The lowest BCUT2D eigenvalue weighted by molar-refractivity contribution is -0.139. The molecule has 0 fully saturated rings. The van der Waals surface area contributed by atoms with E-state index in [0.29, 0.717) is 22.3 Å². The molecule has 0 bridgehead atoms. The quantitative estimate of drug-likeness (QED) is 0.633. The number of nitrogen functional groups attached to an aromatic ring is 1. The molecular weight excluding hydrogens is 230 g/mol. The van der Waals surface area contributed by atoms with Crippen LogP contribution in [0.2, 0.25) is 5.15 Å². The number of halogens is 1. The van der Waals surface area contributed by atoms with E-state index in [1.807, 2.05) is 0 Å². The molecule has 2 aromatic heterocycles. The molecule has 0 aliphatic carbocycles. The summed E-state index contributed by atoms with van der Waals surface area (Å²) < 4.78 is 6.14. The molecule has 0 amide bonds. The average Bonchev–Trinajstić information content (AvgIpc) is 2.57. The first-order valence-corrected chi connectivity index (χ1v) is 4.99. The highest BCUT2D eigenvalue weighted by atomic mass is 35.5. The number of carbonyl (C=O) groups is 1. The lowest BCUT2D eigenvalue weighted by Crippen LogP contribution is -2.07. The topological polar surface area (TPSA) is 69.6 Å². The number of methoxy groups -OCH3 is 1. The van der Waals surface area contributed by atoms with Crippen molar-refractivity contribution in [2.45, 2.75) is 6.42 Å². The van der Waals surface area contributed by atoms with E-state index >= 15 is 0 Å². The van der Waals surface area contributed by atoms with Crippen molar-refractivity contribution in [2.24, 2.45) is 0 Å². The Hall–Kier alpha value is -1.75. The zero-order valence-corrected chi connectivity index (χ0v) is 9.36. The summed E-state index contributed by atoms with van der Waals surface area (Å²) in [6.07, 6.45) is 0.0420. The molecule has 0 unspecified atom stereocenters. The van der Waals surface area contributed by atoms with Gasteiger partial charge in [0, 0.05) is 0 Å². The Bertz CT molecular complexity index is 550. The molecule has 0 aliphatic rings. The number of pyridine rings is 1. The summed E-state index contributed by atoms with van der Waals surface area (Å²) >= 11 is 5.97. The molecule has 5 nitrogen and oxygen atoms in total. The fourth-order valence-electron chi connectivity index (χ4n) is 1.46. The van der Waals surface area contributed by atoms with Gasteiger partial charge in [-0.2, -0.15) is 0 Å².